The Balaban J connectivity index is 1.45. The van der Waals surface area contributed by atoms with E-state index in [1.54, 1.807) is 29.2 Å². The molecule has 2 aromatic heterocycles. The van der Waals surface area contributed by atoms with Gasteiger partial charge in [-0.15, -0.1) is 0 Å². The molecule has 1 aromatic carbocycles. The van der Waals surface area contributed by atoms with Gasteiger partial charge in [0, 0.05) is 22.7 Å². The van der Waals surface area contributed by atoms with E-state index in [1.165, 1.54) is 12.3 Å². The number of nitrogens with zero attached hydrogens (tertiary/aromatic N) is 4. The van der Waals surface area contributed by atoms with Crippen LogP contribution in [0.25, 0.3) is 5.82 Å². The van der Waals surface area contributed by atoms with Crippen molar-refractivity contribution in [2.24, 2.45) is 5.92 Å². The number of aliphatic hydroxyl groups excluding tert-OH is 1. The quantitative estimate of drug-likeness (QED) is 0.305. The van der Waals surface area contributed by atoms with Gasteiger partial charge in [-0.2, -0.15) is 10.1 Å². The van der Waals surface area contributed by atoms with Crippen molar-refractivity contribution in [3.05, 3.63) is 89.0 Å². The summed E-state index contributed by atoms with van der Waals surface area (Å²) in [6, 6.07) is 6.39. The average molecular weight is 512 g/mol. The van der Waals surface area contributed by atoms with Crippen LogP contribution in [0.2, 0.25) is 5.02 Å². The molecule has 0 aliphatic heterocycles. The molecule has 0 spiro atoms. The maximum Gasteiger partial charge on any atom is 0.319 e. The first kappa shape index (κ1) is 24.3. The predicted molar refractivity (Wildman–Crippen MR) is 138 cm³/mol. The van der Waals surface area contributed by atoms with Gasteiger partial charge in [-0.1, -0.05) is 47.5 Å². The fraction of sp³-hybridized carbons (Fsp3) is 0.167. The second-order valence-electron chi connectivity index (χ2n) is 7.80. The Hall–Kier alpha value is -3.82. The number of hydrogen-bond donors (Lipinski definition) is 4. The molecular formula is C24H23Cl2N7O2. The molecule has 0 bridgehead atoms. The van der Waals surface area contributed by atoms with E-state index in [1.807, 2.05) is 37.3 Å². The number of urea groups is 1. The van der Waals surface area contributed by atoms with Crippen LogP contribution in [0.4, 0.5) is 22.1 Å². The monoisotopic (exact) mass is 511 g/mol. The molecule has 3 aromatic rings. The molecule has 11 heteroatoms. The van der Waals surface area contributed by atoms with Gasteiger partial charge in [-0.05, 0) is 37.6 Å². The summed E-state index contributed by atoms with van der Waals surface area (Å²) in [5.41, 5.74) is 1.93. The number of rotatable bonds is 7. The summed E-state index contributed by atoms with van der Waals surface area (Å²) in [6.07, 6.45) is 13.5. The molecule has 180 valence electrons. The molecule has 2 unspecified atom stereocenters. The van der Waals surface area contributed by atoms with E-state index in [-0.39, 0.29) is 5.92 Å². The molecule has 4 N–H and O–H groups in total. The largest absolute Gasteiger partial charge is 0.516 e. The van der Waals surface area contributed by atoms with Crippen molar-refractivity contribution < 1.29 is 9.90 Å². The van der Waals surface area contributed by atoms with Gasteiger partial charge in [0.2, 0.25) is 5.95 Å². The third-order valence-corrected chi connectivity index (χ3v) is 5.82. The zero-order valence-electron chi connectivity index (χ0n) is 18.7. The van der Waals surface area contributed by atoms with E-state index >= 15 is 0 Å². The molecule has 2 amide bonds. The third kappa shape index (κ3) is 6.20. The molecule has 2 heterocycles. The Morgan fingerprint density at radius 2 is 2.11 bits per heavy atom. The minimum Gasteiger partial charge on any atom is -0.516 e. The van der Waals surface area contributed by atoms with Crippen LogP contribution < -0.4 is 16.0 Å². The van der Waals surface area contributed by atoms with E-state index in [9.17, 15) is 9.90 Å². The smallest absolute Gasteiger partial charge is 0.319 e. The normalized spacial score (nSPS) is 16.1. The molecular weight excluding hydrogens is 489 g/mol. The van der Waals surface area contributed by atoms with Crippen molar-refractivity contribution in [2.75, 3.05) is 10.6 Å². The van der Waals surface area contributed by atoms with E-state index in [0.29, 0.717) is 39.6 Å². The van der Waals surface area contributed by atoms with E-state index in [4.69, 9.17) is 23.2 Å². The van der Waals surface area contributed by atoms with Crippen LogP contribution in [0.3, 0.4) is 0 Å². The first-order chi connectivity index (χ1) is 16.9. The van der Waals surface area contributed by atoms with Gasteiger partial charge in [-0.3, -0.25) is 0 Å². The average Bonchev–Trinajstić information content (AvgIpc) is 3.29. The summed E-state index contributed by atoms with van der Waals surface area (Å²) in [5.74, 6) is 0.809. The highest BCUT2D eigenvalue weighted by Gasteiger charge is 2.21. The minimum absolute atomic E-state index is 0.0860. The molecule has 0 saturated carbocycles. The number of benzene rings is 1. The Labute approximate surface area is 212 Å². The maximum absolute atomic E-state index is 12.6. The van der Waals surface area contributed by atoms with Gasteiger partial charge in [0.15, 0.2) is 5.82 Å². The molecule has 4 rings (SSSR count). The van der Waals surface area contributed by atoms with Crippen LogP contribution in [0.5, 0.6) is 0 Å². The van der Waals surface area contributed by atoms with Crippen molar-refractivity contribution in [1.29, 1.82) is 0 Å². The predicted octanol–water partition coefficient (Wildman–Crippen LogP) is 5.63. The van der Waals surface area contributed by atoms with Crippen LogP contribution in [-0.4, -0.2) is 36.9 Å². The lowest BCUT2D eigenvalue weighted by Crippen LogP contribution is -2.41. The van der Waals surface area contributed by atoms with Gasteiger partial charge in [-0.25, -0.2) is 14.5 Å². The number of nitrogens with one attached hydrogen (secondary N) is 3. The number of hydrogen-bond acceptors (Lipinski definition) is 6. The van der Waals surface area contributed by atoms with Crippen LogP contribution in [-0.2, 0) is 0 Å². The lowest BCUT2D eigenvalue weighted by Gasteiger charge is -2.23. The van der Waals surface area contributed by atoms with Crippen LogP contribution in [0, 0.1) is 12.8 Å². The standard InChI is InChI=1S/C24H23Cl2N7O2/c1-15-12-27-23(30-21-8-3-2-7-19(21)26)32-22(15)33-14-18(13-28-33)29-24(35)31-20(9-10-34)16-5-4-6-17(25)11-16/h2-4,6-14,16,20,34H,5H2,1H3,(H,27,30,32)(H2,29,31,35)/b10-9+. The molecule has 1 aliphatic carbocycles. The van der Waals surface area contributed by atoms with Crippen molar-refractivity contribution in [1.82, 2.24) is 25.1 Å². The number of aryl methyl sites for hydroxylation is 1. The molecule has 35 heavy (non-hydrogen) atoms. The van der Waals surface area contributed by atoms with Crippen LogP contribution >= 0.6 is 23.2 Å². The van der Waals surface area contributed by atoms with Crippen molar-refractivity contribution >= 4 is 46.6 Å². The number of allylic oxidation sites excluding steroid dienone is 3. The van der Waals surface area contributed by atoms with Gasteiger partial charge in [0.25, 0.3) is 0 Å². The molecule has 1 aliphatic rings. The Kier molecular flexibility index (Phi) is 7.69. The fourth-order valence-electron chi connectivity index (χ4n) is 3.54. The number of aromatic nitrogens is 4. The van der Waals surface area contributed by atoms with E-state index in [2.05, 4.69) is 31.0 Å². The summed E-state index contributed by atoms with van der Waals surface area (Å²) >= 11 is 12.3. The summed E-state index contributed by atoms with van der Waals surface area (Å²) < 4.78 is 1.55. The molecule has 0 saturated heterocycles. The number of aliphatic hydroxyl groups is 1. The van der Waals surface area contributed by atoms with Crippen molar-refractivity contribution in [2.45, 2.75) is 19.4 Å². The van der Waals surface area contributed by atoms with Crippen molar-refractivity contribution in [3.63, 3.8) is 0 Å². The summed E-state index contributed by atoms with van der Waals surface area (Å²) in [7, 11) is 0. The Bertz CT molecular complexity index is 1300. The number of carbonyl (C=O) groups excluding carboxylic acids is 1. The van der Waals surface area contributed by atoms with Gasteiger partial charge < -0.3 is 21.1 Å². The number of halogens is 2. The zero-order valence-corrected chi connectivity index (χ0v) is 20.2. The second kappa shape index (κ2) is 11.1. The van der Waals surface area contributed by atoms with Gasteiger partial charge in [0.1, 0.15) is 0 Å². The summed E-state index contributed by atoms with van der Waals surface area (Å²) in [6.45, 7) is 1.86. The summed E-state index contributed by atoms with van der Waals surface area (Å²) in [5, 5.41) is 23.4. The molecule has 0 radical (unpaired) electrons. The molecule has 2 atom stereocenters. The number of amides is 2. The Morgan fingerprint density at radius 1 is 1.29 bits per heavy atom. The highest BCUT2D eigenvalue weighted by Crippen LogP contribution is 2.25. The minimum atomic E-state index is -0.452. The topological polar surface area (TPSA) is 117 Å². The lowest BCUT2D eigenvalue weighted by atomic mass is 9.92. The van der Waals surface area contributed by atoms with Crippen LogP contribution in [0.15, 0.2) is 78.5 Å². The zero-order chi connectivity index (χ0) is 24.8. The van der Waals surface area contributed by atoms with E-state index < -0.39 is 12.1 Å². The van der Waals surface area contributed by atoms with Gasteiger partial charge in [0.05, 0.1) is 41.1 Å². The number of para-hydroxylation sites is 1. The van der Waals surface area contributed by atoms with Crippen molar-refractivity contribution in [3.8, 4) is 5.82 Å². The van der Waals surface area contributed by atoms with E-state index in [0.717, 1.165) is 11.8 Å². The lowest BCUT2D eigenvalue weighted by molar-refractivity contribution is 0.248. The first-order valence-corrected chi connectivity index (χ1v) is 11.5. The number of anilines is 3. The second-order valence-corrected chi connectivity index (χ2v) is 8.64. The summed E-state index contributed by atoms with van der Waals surface area (Å²) in [4.78, 5) is 21.5. The molecule has 9 nitrogen and oxygen atoms in total. The number of carbonyl (C=O) groups is 1. The molecule has 0 fully saturated rings. The SMILES string of the molecule is Cc1cnc(Nc2ccccc2Cl)nc1-n1cc(NC(=O)NC(/C=C/O)C2C=C(Cl)C=CC2)cn1. The van der Waals surface area contributed by atoms with Crippen LogP contribution in [0.1, 0.15) is 12.0 Å². The fourth-order valence-corrected chi connectivity index (χ4v) is 3.97. The third-order valence-electron chi connectivity index (χ3n) is 5.23. The van der Waals surface area contributed by atoms with Gasteiger partial charge >= 0.3 is 6.03 Å². The first-order valence-electron chi connectivity index (χ1n) is 10.8. The maximum atomic E-state index is 12.6. The highest BCUT2D eigenvalue weighted by molar-refractivity contribution is 6.33. The Morgan fingerprint density at radius 3 is 2.89 bits per heavy atom. The highest BCUT2D eigenvalue weighted by atomic mass is 35.5.